The van der Waals surface area contributed by atoms with Crippen LogP contribution >= 0.6 is 0 Å². The smallest absolute Gasteiger partial charge is 0.487 e. The van der Waals surface area contributed by atoms with Crippen LogP contribution in [0.4, 0.5) is 9.59 Å². The molecule has 5 aliphatic carbocycles. The fourth-order valence-corrected chi connectivity index (χ4v) is 15.6. The minimum Gasteiger partial charge on any atom is -0.487 e. The summed E-state index contributed by atoms with van der Waals surface area (Å²) in [5.41, 5.74) is 12.2. The molecule has 0 spiro atoms. The van der Waals surface area contributed by atoms with Crippen molar-refractivity contribution in [1.29, 1.82) is 0 Å². The Bertz CT molecular complexity index is 4590. The molecule has 12 heteroatoms. The van der Waals surface area contributed by atoms with E-state index in [9.17, 15) is 14.4 Å². The average molecular weight is 1430 g/mol. The molecule has 0 aliphatic heterocycles. The van der Waals surface area contributed by atoms with Crippen LogP contribution in [0.5, 0.6) is 28.7 Å². The van der Waals surface area contributed by atoms with Crippen LogP contribution in [0.25, 0.3) is 43.1 Å². The molecule has 0 saturated heterocycles. The maximum atomic E-state index is 11.9. The number of fused-ring (bicyclic) bond motifs is 1. The van der Waals surface area contributed by atoms with Gasteiger partial charge in [0, 0.05) is 34.6 Å². The number of benzene rings is 9. The zero-order valence-electron chi connectivity index (χ0n) is 67.2. The number of methoxy groups -OCH3 is 1. The third-order valence-corrected chi connectivity index (χ3v) is 22.4. The summed E-state index contributed by atoms with van der Waals surface area (Å²) >= 11 is 0. The lowest BCUT2D eigenvalue weighted by molar-refractivity contribution is -0.157. The van der Waals surface area contributed by atoms with Crippen LogP contribution in [0.15, 0.2) is 140 Å². The van der Waals surface area contributed by atoms with E-state index in [1.54, 1.807) is 7.11 Å². The molecule has 14 rings (SSSR count). The largest absolute Gasteiger partial charge is 0.514 e. The summed E-state index contributed by atoms with van der Waals surface area (Å²) in [5, 5.41) is 9.88. The number of rotatable bonds is 12. The van der Waals surface area contributed by atoms with Gasteiger partial charge in [0.05, 0.1) is 0 Å². The Morgan fingerprint density at radius 3 is 1.16 bits per heavy atom. The van der Waals surface area contributed by atoms with E-state index in [2.05, 4.69) is 207 Å². The molecule has 105 heavy (non-hydrogen) atoms. The van der Waals surface area contributed by atoms with Crippen molar-refractivity contribution in [3.8, 4) is 28.7 Å². The van der Waals surface area contributed by atoms with Gasteiger partial charge in [-0.15, -0.1) is 0 Å². The number of hydrogen-bond acceptors (Lipinski definition) is 12. The lowest BCUT2D eigenvalue weighted by Gasteiger charge is -2.26. The second kappa shape index (κ2) is 31.4. The van der Waals surface area contributed by atoms with Crippen molar-refractivity contribution in [3.63, 3.8) is 0 Å². The van der Waals surface area contributed by atoms with Gasteiger partial charge in [-0.1, -0.05) is 193 Å². The molecular formula is C93H116O12. The van der Waals surface area contributed by atoms with E-state index in [1.165, 1.54) is 88.0 Å². The van der Waals surface area contributed by atoms with E-state index in [0.717, 1.165) is 40.9 Å². The Morgan fingerprint density at radius 2 is 0.762 bits per heavy atom. The molecule has 0 saturated carbocycles. The topological polar surface area (TPSA) is 134 Å². The lowest BCUT2D eigenvalue weighted by atomic mass is 9.94. The van der Waals surface area contributed by atoms with Crippen molar-refractivity contribution in [2.75, 3.05) is 13.7 Å². The first-order valence-corrected chi connectivity index (χ1v) is 38.2. The van der Waals surface area contributed by atoms with E-state index in [4.69, 9.17) is 42.6 Å². The minimum absolute atomic E-state index is 0.0684. The fraction of sp³-hybridized carbons (Fsp3) is 0.473. The molecule has 0 aromatic heterocycles. The highest BCUT2D eigenvalue weighted by Gasteiger charge is 2.35. The predicted molar refractivity (Wildman–Crippen MR) is 427 cm³/mol. The molecule has 0 radical (unpaired) electrons. The van der Waals surface area contributed by atoms with Gasteiger partial charge in [0.2, 0.25) is 6.29 Å². The van der Waals surface area contributed by atoms with Crippen molar-refractivity contribution >= 4 is 61.4 Å². The molecule has 0 heterocycles. The van der Waals surface area contributed by atoms with Gasteiger partial charge in [0.15, 0.2) is 6.61 Å². The Morgan fingerprint density at radius 1 is 0.410 bits per heavy atom. The average Bonchev–Trinajstić information content (AvgIpc) is 1.68. The summed E-state index contributed by atoms with van der Waals surface area (Å²) in [6.45, 7) is 49.9. The highest BCUT2D eigenvalue weighted by Crippen LogP contribution is 2.53. The van der Waals surface area contributed by atoms with Crippen LogP contribution in [-0.2, 0) is 30.2 Å². The molecule has 0 bridgehead atoms. The van der Waals surface area contributed by atoms with E-state index in [0.29, 0.717) is 76.6 Å². The maximum absolute atomic E-state index is 11.9. The molecule has 12 nitrogen and oxygen atoms in total. The SMILES string of the molecule is CC1Cc2cc(OC(=O)OC(C)(C)C)ccc2C1C.CC1c2cccc3c(OC(=O)OC(C)(C)C)ccc(c23)C1C.CC1c2cccc3c(OCC(=O)OC(C)(C)C)ccc(c23)C1C.CCC(C)(C)Oc1ccc2c3c(cccc13)C(C)C2C.COC(Oc1ccc2c3c(cccc13)C(C)C2C)C(C)C. The third kappa shape index (κ3) is 17.4. The standard InChI is InChI=1S/C20H24O3.C19H22O3.C19H24O2.C19H24O.C16H22O3/c1-12-13(2)15-9-10-17(16-8-6-7-14(12)19(15)16)22-11-18(21)23-20(3,4)5;1-11-12(2)14-9-10-16(21-18(20)22-19(3,4)5)15-8-6-7-13(11)17(14)15;1-11(2)19(20-5)21-17-10-9-15-13(4)12(3)14-7-6-8-16(17)18(14)15;1-6-19(4,5)20-17-11-10-15-13(3)12(2)14-8-7-9-16(17)18(14)15;1-10-8-12-9-13(6-7-14(12)11(10)2)18-15(17)19-16(3,4)5/h6-10,12-13H,11H2,1-5H3;6-12H,1-5H3;6-13,19H,1-5H3;7-13H,6H2,1-5H3;6-7,9-11H,8H2,1-5H3. The number of esters is 1. The first kappa shape index (κ1) is 79.0. The summed E-state index contributed by atoms with van der Waals surface area (Å²) in [4.78, 5) is 35.4. The van der Waals surface area contributed by atoms with Gasteiger partial charge in [-0.05, 0) is 262 Å². The summed E-state index contributed by atoms with van der Waals surface area (Å²) in [6.07, 6.45) is 0.530. The van der Waals surface area contributed by atoms with Gasteiger partial charge < -0.3 is 42.6 Å². The summed E-state index contributed by atoms with van der Waals surface area (Å²) in [5.74, 6) is 9.35. The van der Waals surface area contributed by atoms with E-state index < -0.39 is 29.1 Å². The zero-order chi connectivity index (χ0) is 76.7. The van der Waals surface area contributed by atoms with Crippen LogP contribution < -0.4 is 23.7 Å². The monoisotopic (exact) mass is 1420 g/mol. The molecule has 0 N–H and O–H groups in total. The highest BCUT2D eigenvalue weighted by molar-refractivity contribution is 6.00. The van der Waals surface area contributed by atoms with Crippen molar-refractivity contribution in [2.24, 2.45) is 11.8 Å². The molecule has 9 aromatic carbocycles. The predicted octanol–water partition coefficient (Wildman–Crippen LogP) is 25.1. The van der Waals surface area contributed by atoms with Crippen molar-refractivity contribution in [2.45, 2.75) is 261 Å². The Labute approximate surface area is 625 Å². The molecular weight excluding hydrogens is 1310 g/mol. The van der Waals surface area contributed by atoms with Gasteiger partial charge in [0.25, 0.3) is 0 Å². The van der Waals surface area contributed by atoms with E-state index in [-0.39, 0.29) is 24.5 Å². The van der Waals surface area contributed by atoms with Crippen LogP contribution in [0.1, 0.15) is 281 Å². The van der Waals surface area contributed by atoms with Crippen LogP contribution in [0, 0.1) is 11.8 Å². The van der Waals surface area contributed by atoms with Gasteiger partial charge in [0.1, 0.15) is 51.2 Å². The first-order chi connectivity index (χ1) is 49.3. The molecule has 0 amide bonds. The van der Waals surface area contributed by atoms with E-state index >= 15 is 0 Å². The maximum Gasteiger partial charge on any atom is 0.514 e. The number of carbonyl (C=O) groups is 3. The summed E-state index contributed by atoms with van der Waals surface area (Å²) in [6, 6.07) is 48.4. The van der Waals surface area contributed by atoms with Crippen LogP contribution in [-0.4, -0.2) is 60.7 Å². The normalized spacial score (nSPS) is 21.0. The molecule has 5 aliphatic rings. The minimum atomic E-state index is -0.660. The zero-order valence-corrected chi connectivity index (χ0v) is 67.2. The summed E-state index contributed by atoms with van der Waals surface area (Å²) in [7, 11) is 1.70. The van der Waals surface area contributed by atoms with Gasteiger partial charge in [-0.3, -0.25) is 0 Å². The fourth-order valence-electron chi connectivity index (χ4n) is 15.6. The second-order valence-electron chi connectivity index (χ2n) is 34.0. The van der Waals surface area contributed by atoms with Crippen molar-refractivity contribution < 1.29 is 57.0 Å². The Kier molecular flexibility index (Phi) is 23.7. The first-order valence-electron chi connectivity index (χ1n) is 38.2. The van der Waals surface area contributed by atoms with Crippen LogP contribution in [0.3, 0.4) is 0 Å². The van der Waals surface area contributed by atoms with E-state index in [1.807, 2.05) is 98.7 Å². The number of ether oxygens (including phenoxy) is 9. The van der Waals surface area contributed by atoms with Crippen molar-refractivity contribution in [1.82, 2.24) is 0 Å². The molecule has 560 valence electrons. The number of hydrogen-bond donors (Lipinski definition) is 0. The molecule has 11 atom stereocenters. The Hall–Kier alpha value is -8.61. The molecule has 0 fully saturated rings. The van der Waals surface area contributed by atoms with Gasteiger partial charge >= 0.3 is 18.3 Å². The van der Waals surface area contributed by atoms with Gasteiger partial charge in [-0.25, -0.2) is 14.4 Å². The Balaban J connectivity index is 0.000000141. The summed E-state index contributed by atoms with van der Waals surface area (Å²) < 4.78 is 50.0. The van der Waals surface area contributed by atoms with Crippen LogP contribution in [0.2, 0.25) is 0 Å². The van der Waals surface area contributed by atoms with Crippen molar-refractivity contribution in [3.05, 3.63) is 195 Å². The second-order valence-corrected chi connectivity index (χ2v) is 34.0. The van der Waals surface area contributed by atoms with Gasteiger partial charge in [-0.2, -0.15) is 0 Å². The lowest BCUT2D eigenvalue weighted by Crippen LogP contribution is -2.27. The number of carbonyl (C=O) groups excluding carboxylic acids is 3. The molecule has 11 unspecified atom stereocenters. The highest BCUT2D eigenvalue weighted by atomic mass is 16.7. The quantitative estimate of drug-likeness (QED) is 0.0499. The third-order valence-electron chi connectivity index (χ3n) is 22.4. The molecule has 9 aromatic rings.